The highest BCUT2D eigenvalue weighted by Gasteiger charge is 2.21. The molecule has 0 spiro atoms. The van der Waals surface area contributed by atoms with Crippen LogP contribution in [-0.4, -0.2) is 27.2 Å². The number of aromatic nitrogens is 1. The molecule has 2 atom stereocenters. The molecule has 0 bridgehead atoms. The fourth-order valence-corrected chi connectivity index (χ4v) is 1.69. The zero-order chi connectivity index (χ0) is 13.3. The summed E-state index contributed by atoms with van der Waals surface area (Å²) in [5, 5.41) is 19.5. The summed E-state index contributed by atoms with van der Waals surface area (Å²) in [5.41, 5.74) is 11.7. The molecule has 7 nitrogen and oxygen atoms in total. The quantitative estimate of drug-likeness (QED) is 0.588. The van der Waals surface area contributed by atoms with Crippen molar-refractivity contribution in [3.8, 4) is 0 Å². The Labute approximate surface area is 102 Å². The van der Waals surface area contributed by atoms with Crippen LogP contribution in [0, 0.1) is 0 Å². The molecule has 96 valence electrons. The molecular formula is C11H13N3O4. The van der Waals surface area contributed by atoms with Gasteiger partial charge >= 0.3 is 0 Å². The molecule has 2 rings (SSSR count). The molecule has 18 heavy (non-hydrogen) atoms. The van der Waals surface area contributed by atoms with Gasteiger partial charge in [0, 0.05) is 0 Å². The number of aliphatic hydroxyl groups excluding tert-OH is 2. The highest BCUT2D eigenvalue weighted by Crippen LogP contribution is 2.24. The highest BCUT2D eigenvalue weighted by molar-refractivity contribution is 5.76. The van der Waals surface area contributed by atoms with Crippen LogP contribution in [0.25, 0.3) is 11.1 Å². The maximum atomic E-state index is 10.7. The average molecular weight is 251 g/mol. The van der Waals surface area contributed by atoms with Crippen molar-refractivity contribution >= 4 is 23.0 Å². The number of amides is 1. The average Bonchev–Trinajstić information content (AvgIpc) is 2.65. The molecule has 0 radical (unpaired) electrons. The van der Waals surface area contributed by atoms with E-state index in [1.54, 1.807) is 12.1 Å². The van der Waals surface area contributed by atoms with Crippen LogP contribution in [0.15, 0.2) is 22.6 Å². The Balaban J connectivity index is 2.26. The number of hydrogen-bond donors (Lipinski definition) is 4. The van der Waals surface area contributed by atoms with Crippen molar-refractivity contribution in [2.45, 2.75) is 18.6 Å². The largest absolute Gasteiger partial charge is 0.424 e. The number of aliphatic hydroxyl groups is 2. The number of nitrogens with zero attached hydrogens (tertiary/aromatic N) is 1. The standard InChI is InChI=1S/C11H13N3O4/c12-9(16)4-7(15)10(17)5-1-2-8-6(3-5)14-11(13)18-8/h1-3,7,10,15,17H,4H2,(H2,12,16)(H2,13,14). The number of benzene rings is 1. The van der Waals surface area contributed by atoms with E-state index in [0.717, 1.165) is 0 Å². The third-order valence-electron chi connectivity index (χ3n) is 2.54. The maximum absolute atomic E-state index is 10.7. The Kier molecular flexibility index (Phi) is 3.17. The molecule has 0 fully saturated rings. The number of primary amides is 1. The second-order valence-corrected chi connectivity index (χ2v) is 3.96. The van der Waals surface area contributed by atoms with Crippen LogP contribution < -0.4 is 11.5 Å². The molecular weight excluding hydrogens is 238 g/mol. The molecule has 1 amide bonds. The maximum Gasteiger partial charge on any atom is 0.292 e. The number of fused-ring (bicyclic) bond motifs is 1. The van der Waals surface area contributed by atoms with E-state index in [1.165, 1.54) is 6.07 Å². The summed E-state index contributed by atoms with van der Waals surface area (Å²) in [5.74, 6) is -0.687. The first-order valence-corrected chi connectivity index (χ1v) is 5.28. The van der Waals surface area contributed by atoms with Crippen molar-refractivity contribution < 1.29 is 19.4 Å². The molecule has 6 N–H and O–H groups in total. The normalized spacial score (nSPS) is 14.6. The fourth-order valence-electron chi connectivity index (χ4n) is 1.69. The summed E-state index contributed by atoms with van der Waals surface area (Å²) in [7, 11) is 0. The van der Waals surface area contributed by atoms with Crippen molar-refractivity contribution in [3.63, 3.8) is 0 Å². The van der Waals surface area contributed by atoms with Gasteiger partial charge in [-0.1, -0.05) is 6.07 Å². The Morgan fingerprint density at radius 2 is 2.17 bits per heavy atom. The molecule has 1 heterocycles. The van der Waals surface area contributed by atoms with Gasteiger partial charge in [-0.25, -0.2) is 0 Å². The van der Waals surface area contributed by atoms with Crippen molar-refractivity contribution in [1.82, 2.24) is 4.98 Å². The minimum absolute atomic E-state index is 0.0225. The summed E-state index contributed by atoms with van der Waals surface area (Å²) >= 11 is 0. The molecule has 2 unspecified atom stereocenters. The van der Waals surface area contributed by atoms with Crippen molar-refractivity contribution in [2.24, 2.45) is 5.73 Å². The smallest absolute Gasteiger partial charge is 0.292 e. The monoisotopic (exact) mass is 251 g/mol. The summed E-state index contributed by atoms with van der Waals surface area (Å²) in [6.07, 6.45) is -2.80. The second-order valence-electron chi connectivity index (χ2n) is 3.96. The van der Waals surface area contributed by atoms with E-state index in [-0.39, 0.29) is 12.4 Å². The predicted octanol–water partition coefficient (Wildman–Crippen LogP) is -0.320. The zero-order valence-corrected chi connectivity index (χ0v) is 9.41. The van der Waals surface area contributed by atoms with Gasteiger partial charge in [0.15, 0.2) is 5.58 Å². The first kappa shape index (κ1) is 12.3. The van der Waals surface area contributed by atoms with Gasteiger partial charge in [-0.15, -0.1) is 0 Å². The van der Waals surface area contributed by atoms with Crippen LogP contribution in [0.1, 0.15) is 18.1 Å². The van der Waals surface area contributed by atoms with E-state index in [9.17, 15) is 15.0 Å². The number of oxazole rings is 1. The molecule has 1 aromatic heterocycles. The Hall–Kier alpha value is -2.12. The number of carbonyl (C=O) groups excluding carboxylic acids is 1. The topological polar surface area (TPSA) is 136 Å². The molecule has 7 heteroatoms. The summed E-state index contributed by atoms with van der Waals surface area (Å²) < 4.78 is 5.08. The van der Waals surface area contributed by atoms with Crippen molar-refractivity contribution in [1.29, 1.82) is 0 Å². The molecule has 0 saturated carbocycles. The lowest BCUT2D eigenvalue weighted by Gasteiger charge is -2.16. The number of nitrogens with two attached hydrogens (primary N) is 2. The molecule has 1 aromatic carbocycles. The lowest BCUT2D eigenvalue weighted by molar-refractivity contribution is -0.121. The van der Waals surface area contributed by atoms with Gasteiger partial charge in [0.2, 0.25) is 5.91 Å². The van der Waals surface area contributed by atoms with Gasteiger partial charge in [-0.2, -0.15) is 4.98 Å². The molecule has 0 aliphatic heterocycles. The van der Waals surface area contributed by atoms with Crippen molar-refractivity contribution in [3.05, 3.63) is 23.8 Å². The summed E-state index contributed by atoms with van der Waals surface area (Å²) in [6, 6.07) is 4.69. The molecule has 2 aromatic rings. The first-order chi connectivity index (χ1) is 8.47. The van der Waals surface area contributed by atoms with E-state index < -0.39 is 18.1 Å². The van der Waals surface area contributed by atoms with Gasteiger partial charge < -0.3 is 26.1 Å². The second kappa shape index (κ2) is 4.63. The number of anilines is 1. The van der Waals surface area contributed by atoms with Gasteiger partial charge in [0.05, 0.1) is 12.5 Å². The van der Waals surface area contributed by atoms with E-state index in [0.29, 0.717) is 16.7 Å². The number of rotatable bonds is 4. The molecule has 0 aliphatic carbocycles. The van der Waals surface area contributed by atoms with E-state index >= 15 is 0 Å². The number of carbonyl (C=O) groups is 1. The minimum Gasteiger partial charge on any atom is -0.424 e. The van der Waals surface area contributed by atoms with Crippen LogP contribution in [0.2, 0.25) is 0 Å². The van der Waals surface area contributed by atoms with Gasteiger partial charge in [-0.3, -0.25) is 4.79 Å². The highest BCUT2D eigenvalue weighted by atomic mass is 16.4. The summed E-state index contributed by atoms with van der Waals surface area (Å²) in [4.78, 5) is 14.6. The third kappa shape index (κ3) is 2.41. The Morgan fingerprint density at radius 3 is 2.83 bits per heavy atom. The van der Waals surface area contributed by atoms with Crippen LogP contribution in [-0.2, 0) is 4.79 Å². The zero-order valence-electron chi connectivity index (χ0n) is 9.41. The van der Waals surface area contributed by atoms with Crippen LogP contribution in [0.4, 0.5) is 6.01 Å². The van der Waals surface area contributed by atoms with E-state index in [2.05, 4.69) is 4.98 Å². The lowest BCUT2D eigenvalue weighted by atomic mass is 10.0. The Bertz CT molecular complexity index is 581. The Morgan fingerprint density at radius 1 is 1.44 bits per heavy atom. The molecule has 0 aliphatic rings. The van der Waals surface area contributed by atoms with Crippen LogP contribution in [0.3, 0.4) is 0 Å². The SMILES string of the molecule is NC(=O)CC(O)C(O)c1ccc2oc(N)nc2c1. The first-order valence-electron chi connectivity index (χ1n) is 5.28. The summed E-state index contributed by atoms with van der Waals surface area (Å²) in [6.45, 7) is 0. The van der Waals surface area contributed by atoms with Gasteiger partial charge in [-0.05, 0) is 17.7 Å². The van der Waals surface area contributed by atoms with Gasteiger partial charge in [0.1, 0.15) is 11.6 Å². The predicted molar refractivity (Wildman–Crippen MR) is 63.2 cm³/mol. The number of nitrogen functional groups attached to an aromatic ring is 1. The van der Waals surface area contributed by atoms with Gasteiger partial charge in [0.25, 0.3) is 6.01 Å². The lowest BCUT2D eigenvalue weighted by Crippen LogP contribution is -2.25. The fraction of sp³-hybridized carbons (Fsp3) is 0.273. The van der Waals surface area contributed by atoms with Crippen LogP contribution >= 0.6 is 0 Å². The third-order valence-corrected chi connectivity index (χ3v) is 2.54. The van der Waals surface area contributed by atoms with E-state index in [4.69, 9.17) is 15.9 Å². The minimum atomic E-state index is -1.26. The molecule has 0 saturated heterocycles. The van der Waals surface area contributed by atoms with E-state index in [1.807, 2.05) is 0 Å². The van der Waals surface area contributed by atoms with Crippen LogP contribution in [0.5, 0.6) is 0 Å². The number of hydrogen-bond acceptors (Lipinski definition) is 6. The van der Waals surface area contributed by atoms with Crippen molar-refractivity contribution in [2.75, 3.05) is 5.73 Å².